The van der Waals surface area contributed by atoms with Gasteiger partial charge in [-0.2, -0.15) is 0 Å². The minimum atomic E-state index is -1.37. The molecule has 1 aliphatic heterocycles. The van der Waals surface area contributed by atoms with Gasteiger partial charge in [-0.15, -0.1) is 0 Å². The molecule has 0 saturated carbocycles. The van der Waals surface area contributed by atoms with Crippen molar-refractivity contribution in [2.24, 2.45) is 0 Å². The van der Waals surface area contributed by atoms with Crippen LogP contribution in [0.4, 0.5) is 0 Å². The van der Waals surface area contributed by atoms with Crippen molar-refractivity contribution in [1.82, 2.24) is 5.32 Å². The smallest absolute Gasteiger partial charge is 0.305 e. The lowest BCUT2D eigenvalue weighted by Gasteiger charge is -2.44. The van der Waals surface area contributed by atoms with E-state index in [0.29, 0.717) is 0 Å². The summed E-state index contributed by atoms with van der Waals surface area (Å²) in [7, 11) is 0. The molecule has 1 fully saturated rings. The molecule has 1 amide bonds. The highest BCUT2D eigenvalue weighted by Crippen LogP contribution is 2.28. The van der Waals surface area contributed by atoms with Gasteiger partial charge in [0.1, 0.15) is 18.8 Å². The normalized spacial score (nSPS) is 26.5. The number of rotatable bonds is 7. The van der Waals surface area contributed by atoms with Gasteiger partial charge in [-0.25, -0.2) is 0 Å². The van der Waals surface area contributed by atoms with Gasteiger partial charge in [0.15, 0.2) is 12.2 Å². The van der Waals surface area contributed by atoms with Gasteiger partial charge in [0.05, 0.1) is 0 Å². The molecule has 1 heterocycles. The van der Waals surface area contributed by atoms with E-state index in [1.165, 1.54) is 6.92 Å². The Kier molecular flexibility index (Phi) is 8.83. The summed E-state index contributed by atoms with van der Waals surface area (Å²) in [5.74, 6) is -3.24. The Morgan fingerprint density at radius 1 is 0.821 bits per heavy atom. The topological polar surface area (TPSA) is 144 Å². The fourth-order valence-corrected chi connectivity index (χ4v) is 2.61. The van der Waals surface area contributed by atoms with Crippen LogP contribution in [0.3, 0.4) is 0 Å². The summed E-state index contributed by atoms with van der Waals surface area (Å²) >= 11 is 0. The van der Waals surface area contributed by atoms with Crippen molar-refractivity contribution in [1.29, 1.82) is 0 Å². The first-order valence-electron chi connectivity index (χ1n) is 8.65. The van der Waals surface area contributed by atoms with Crippen LogP contribution in [-0.4, -0.2) is 67.0 Å². The molecule has 1 aliphatic rings. The number of esters is 4. The highest BCUT2D eigenvalue weighted by atomic mass is 16.7. The summed E-state index contributed by atoms with van der Waals surface area (Å²) in [6.45, 7) is 5.78. The van der Waals surface area contributed by atoms with E-state index < -0.39 is 60.4 Å². The van der Waals surface area contributed by atoms with Crippen LogP contribution in [0.1, 0.15) is 41.0 Å². The van der Waals surface area contributed by atoms with Crippen molar-refractivity contribution in [3.63, 3.8) is 0 Å². The van der Waals surface area contributed by atoms with E-state index in [9.17, 15) is 24.0 Å². The van der Waals surface area contributed by atoms with Gasteiger partial charge in [-0.3, -0.25) is 24.0 Å². The molecule has 0 aromatic heterocycles. The number of amides is 1. The van der Waals surface area contributed by atoms with Crippen LogP contribution < -0.4 is 5.32 Å². The second-order valence-corrected chi connectivity index (χ2v) is 6.05. The number of carbonyl (C=O) groups is 5. The molecule has 0 spiro atoms. The number of ether oxygens (including phenoxy) is 5. The van der Waals surface area contributed by atoms with Gasteiger partial charge in [-0.05, 0) is 0 Å². The first kappa shape index (κ1) is 23.3. The van der Waals surface area contributed by atoms with Crippen molar-refractivity contribution in [2.45, 2.75) is 71.7 Å². The van der Waals surface area contributed by atoms with Crippen LogP contribution in [0.2, 0.25) is 0 Å². The van der Waals surface area contributed by atoms with Gasteiger partial charge in [-0.1, -0.05) is 6.92 Å². The molecule has 0 unspecified atom stereocenters. The van der Waals surface area contributed by atoms with E-state index >= 15 is 0 Å². The lowest BCUT2D eigenvalue weighted by molar-refractivity contribution is -0.271. The third-order valence-electron chi connectivity index (χ3n) is 3.63. The Labute approximate surface area is 161 Å². The van der Waals surface area contributed by atoms with Crippen molar-refractivity contribution < 1.29 is 47.7 Å². The van der Waals surface area contributed by atoms with Crippen molar-refractivity contribution in [3.8, 4) is 0 Å². The second-order valence-electron chi connectivity index (χ2n) is 6.05. The van der Waals surface area contributed by atoms with E-state index in [1.54, 1.807) is 6.92 Å². The highest BCUT2D eigenvalue weighted by molar-refractivity contribution is 5.76. The van der Waals surface area contributed by atoms with E-state index in [2.05, 4.69) is 5.32 Å². The predicted molar refractivity (Wildman–Crippen MR) is 90.4 cm³/mol. The highest BCUT2D eigenvalue weighted by Gasteiger charge is 2.52. The van der Waals surface area contributed by atoms with E-state index in [0.717, 1.165) is 20.8 Å². The van der Waals surface area contributed by atoms with Gasteiger partial charge < -0.3 is 29.0 Å². The molecule has 0 bridgehead atoms. The zero-order valence-electron chi connectivity index (χ0n) is 16.4. The zero-order valence-corrected chi connectivity index (χ0v) is 16.4. The first-order chi connectivity index (χ1) is 13.0. The van der Waals surface area contributed by atoms with E-state index in [-0.39, 0.29) is 13.0 Å². The van der Waals surface area contributed by atoms with Crippen molar-refractivity contribution in [3.05, 3.63) is 0 Å². The largest absolute Gasteiger partial charge is 0.463 e. The Bertz CT molecular complexity index is 619. The summed E-state index contributed by atoms with van der Waals surface area (Å²) < 4.78 is 26.1. The van der Waals surface area contributed by atoms with E-state index in [1.807, 2.05) is 0 Å². The third-order valence-corrected chi connectivity index (χ3v) is 3.63. The lowest BCUT2D eigenvalue weighted by atomic mass is 9.96. The minimum absolute atomic E-state index is 0.0885. The maximum Gasteiger partial charge on any atom is 0.305 e. The predicted octanol–water partition coefficient (Wildman–Crippen LogP) is -0.404. The summed E-state index contributed by atoms with van der Waals surface area (Å²) in [4.78, 5) is 57.8. The van der Waals surface area contributed by atoms with Gasteiger partial charge >= 0.3 is 23.9 Å². The second kappa shape index (κ2) is 10.6. The maximum absolute atomic E-state index is 11.9. The molecule has 0 aliphatic carbocycles. The van der Waals surface area contributed by atoms with Crippen LogP contribution >= 0.6 is 0 Å². The molecule has 11 heteroatoms. The summed E-state index contributed by atoms with van der Waals surface area (Å²) in [6.07, 6.45) is -4.88. The molecule has 5 atom stereocenters. The Morgan fingerprint density at radius 2 is 1.36 bits per heavy atom. The average molecular weight is 403 g/mol. The number of nitrogens with one attached hydrogen (secondary N) is 1. The standard InChI is InChI=1S/C17H25NO10/c1-6-13(23)18-14-16(26-10(4)21)15(25-9(3)20)12(7-24-8(2)19)28-17(14)27-11(5)22/h12,14-17H,6-7H2,1-5H3,(H,18,23)/t12-,14+,15-,16+,17-/m1/s1. The van der Waals surface area contributed by atoms with E-state index in [4.69, 9.17) is 23.7 Å². The molecule has 1 rings (SSSR count). The molecular weight excluding hydrogens is 378 g/mol. The van der Waals surface area contributed by atoms with Crippen LogP contribution in [0.5, 0.6) is 0 Å². The van der Waals surface area contributed by atoms with Crippen LogP contribution in [-0.2, 0) is 47.7 Å². The number of hydrogen-bond donors (Lipinski definition) is 1. The lowest BCUT2D eigenvalue weighted by Crippen LogP contribution is -2.66. The monoisotopic (exact) mass is 403 g/mol. The van der Waals surface area contributed by atoms with Crippen molar-refractivity contribution >= 4 is 29.8 Å². The average Bonchev–Trinajstić information content (AvgIpc) is 2.56. The molecule has 158 valence electrons. The zero-order chi connectivity index (χ0) is 21.4. The summed E-state index contributed by atoms with van der Waals surface area (Å²) in [5, 5.41) is 2.55. The fourth-order valence-electron chi connectivity index (χ4n) is 2.61. The van der Waals surface area contributed by atoms with Gasteiger partial charge in [0.2, 0.25) is 12.2 Å². The molecule has 0 aromatic rings. The molecule has 28 heavy (non-hydrogen) atoms. The Balaban J connectivity index is 3.31. The molecule has 0 aromatic carbocycles. The summed E-state index contributed by atoms with van der Waals surface area (Å²) in [6, 6.07) is -1.15. The van der Waals surface area contributed by atoms with Gasteiger partial charge in [0, 0.05) is 34.1 Å². The van der Waals surface area contributed by atoms with Crippen LogP contribution in [0.25, 0.3) is 0 Å². The third kappa shape index (κ3) is 7.14. The minimum Gasteiger partial charge on any atom is -0.463 e. The molecular formula is C17H25NO10. The summed E-state index contributed by atoms with van der Waals surface area (Å²) in [5.41, 5.74) is 0. The molecule has 0 radical (unpaired) electrons. The fraction of sp³-hybridized carbons (Fsp3) is 0.706. The number of hydrogen-bond acceptors (Lipinski definition) is 10. The Morgan fingerprint density at radius 3 is 1.82 bits per heavy atom. The first-order valence-corrected chi connectivity index (χ1v) is 8.65. The Hall–Kier alpha value is -2.69. The van der Waals surface area contributed by atoms with Crippen LogP contribution in [0.15, 0.2) is 0 Å². The molecule has 1 N–H and O–H groups in total. The van der Waals surface area contributed by atoms with Crippen LogP contribution in [0, 0.1) is 0 Å². The maximum atomic E-state index is 11.9. The van der Waals surface area contributed by atoms with Gasteiger partial charge in [0.25, 0.3) is 0 Å². The van der Waals surface area contributed by atoms with Crippen molar-refractivity contribution in [2.75, 3.05) is 6.61 Å². The number of carbonyl (C=O) groups excluding carboxylic acids is 5. The molecule has 11 nitrogen and oxygen atoms in total. The SMILES string of the molecule is CCC(=O)N[C@@H]1[C@H](OC(C)=O)O[C@H](COC(C)=O)[C@@H](OC(C)=O)[C@H]1OC(C)=O. The molecule has 1 saturated heterocycles. The quantitative estimate of drug-likeness (QED) is 0.440.